The lowest BCUT2D eigenvalue weighted by atomic mass is 9.60. The number of rotatable bonds is 11. The molecule has 0 aliphatic rings. The van der Waals surface area contributed by atoms with Crippen LogP contribution >= 0.6 is 0 Å². The molecular weight excluding hydrogens is 523 g/mol. The topological polar surface area (TPSA) is 61.8 Å². The zero-order chi connectivity index (χ0) is 29.9. The van der Waals surface area contributed by atoms with Crippen LogP contribution in [0.5, 0.6) is 5.75 Å². The van der Waals surface area contributed by atoms with Crippen molar-refractivity contribution in [2.45, 2.75) is 80.0 Å². The van der Waals surface area contributed by atoms with Gasteiger partial charge in [0.15, 0.2) is 13.2 Å². The van der Waals surface area contributed by atoms with Gasteiger partial charge in [-0.15, -0.1) is 0 Å². The molecule has 39 heavy (non-hydrogen) atoms. The normalized spacial score (nSPS) is 14.6. The van der Waals surface area contributed by atoms with Crippen LogP contribution in [0.2, 0.25) is 0 Å². The molecular formula is C29H37F5O5. The van der Waals surface area contributed by atoms with Gasteiger partial charge in [0.2, 0.25) is 0 Å². The average molecular weight is 561 g/mol. The molecule has 0 aliphatic carbocycles. The lowest BCUT2D eigenvalue weighted by Crippen LogP contribution is -2.44. The molecule has 0 aromatic heterocycles. The van der Waals surface area contributed by atoms with Gasteiger partial charge < -0.3 is 14.2 Å². The second kappa shape index (κ2) is 11.7. The van der Waals surface area contributed by atoms with Crippen molar-refractivity contribution >= 4 is 22.7 Å². The Bertz CT molecular complexity index is 1170. The fraction of sp³-hybridized carbons (Fsp3) is 0.586. The maximum absolute atomic E-state index is 13.3. The van der Waals surface area contributed by atoms with E-state index in [2.05, 4.69) is 25.5 Å². The van der Waals surface area contributed by atoms with Crippen molar-refractivity contribution < 1.29 is 45.8 Å². The van der Waals surface area contributed by atoms with Gasteiger partial charge in [-0.2, -0.15) is 22.0 Å². The number of benzene rings is 2. The fourth-order valence-electron chi connectivity index (χ4n) is 3.92. The third-order valence-electron chi connectivity index (χ3n) is 7.33. The molecule has 0 aliphatic heterocycles. The van der Waals surface area contributed by atoms with Gasteiger partial charge in [0, 0.05) is 0 Å². The molecule has 0 N–H and O–H groups in total. The first-order chi connectivity index (χ1) is 17.7. The first kappa shape index (κ1) is 32.3. The van der Waals surface area contributed by atoms with Gasteiger partial charge in [0.1, 0.15) is 12.4 Å². The number of halogens is 5. The largest absolute Gasteiger partial charge is 0.482 e. The van der Waals surface area contributed by atoms with Crippen LogP contribution in [0.1, 0.15) is 66.9 Å². The van der Waals surface area contributed by atoms with E-state index in [9.17, 15) is 31.5 Å². The van der Waals surface area contributed by atoms with Crippen molar-refractivity contribution in [3.63, 3.8) is 0 Å². The predicted molar refractivity (Wildman–Crippen MR) is 137 cm³/mol. The summed E-state index contributed by atoms with van der Waals surface area (Å²) in [7, 11) is 0. The van der Waals surface area contributed by atoms with Crippen LogP contribution in [0, 0.1) is 16.2 Å². The minimum absolute atomic E-state index is 0.0331. The summed E-state index contributed by atoms with van der Waals surface area (Å²) >= 11 is 0. The monoisotopic (exact) mass is 560 g/mol. The quantitative estimate of drug-likeness (QED) is 0.207. The number of ether oxygens (including phenoxy) is 3. The molecule has 0 heterocycles. The SMILES string of the molecule is CCC(C)(C)CC(C)(C(=O)OCc1ccc2cc(OCC(=O)OCC(F)(F)C(F)(F)F)ccc2c1)C(C)(C)C. The molecule has 1 unspecified atom stereocenters. The van der Waals surface area contributed by atoms with Gasteiger partial charge in [-0.25, -0.2) is 4.79 Å². The molecule has 10 heteroatoms. The fourth-order valence-corrected chi connectivity index (χ4v) is 3.92. The van der Waals surface area contributed by atoms with Crippen LogP contribution in [0.3, 0.4) is 0 Å². The summed E-state index contributed by atoms with van der Waals surface area (Å²) in [5, 5.41) is 1.50. The third kappa shape index (κ3) is 8.29. The first-order valence-electron chi connectivity index (χ1n) is 12.6. The van der Waals surface area contributed by atoms with Crippen LogP contribution in [0.4, 0.5) is 22.0 Å². The standard InChI is InChI=1S/C29H37F5O5/c1-8-26(5,6)17-27(7,25(2,3)4)24(36)38-15-19-9-10-21-14-22(12-11-20(21)13-19)37-16-23(35)39-18-28(30,31)29(32,33)34/h9-14H,8,15-18H2,1-7H3. The maximum Gasteiger partial charge on any atom is 0.456 e. The number of esters is 2. The van der Waals surface area contributed by atoms with E-state index in [1.54, 1.807) is 24.3 Å². The van der Waals surface area contributed by atoms with Gasteiger partial charge >= 0.3 is 24.0 Å². The van der Waals surface area contributed by atoms with E-state index in [1.807, 2.05) is 33.8 Å². The summed E-state index contributed by atoms with van der Waals surface area (Å²) in [6.45, 7) is 11.6. The van der Waals surface area contributed by atoms with E-state index in [1.165, 1.54) is 6.07 Å². The number of carbonyl (C=O) groups excluding carboxylic acids is 2. The number of alkyl halides is 5. The zero-order valence-corrected chi connectivity index (χ0v) is 23.4. The second-order valence-electron chi connectivity index (χ2n) is 11.8. The summed E-state index contributed by atoms with van der Waals surface area (Å²) in [4.78, 5) is 24.9. The highest BCUT2D eigenvalue weighted by Gasteiger charge is 2.58. The highest BCUT2D eigenvalue weighted by Crippen LogP contribution is 2.48. The molecule has 0 saturated carbocycles. The molecule has 0 spiro atoms. The molecule has 2 rings (SSSR count). The Morgan fingerprint density at radius 3 is 1.97 bits per heavy atom. The predicted octanol–water partition coefficient (Wildman–Crippen LogP) is 7.88. The highest BCUT2D eigenvalue weighted by atomic mass is 19.4. The van der Waals surface area contributed by atoms with Crippen molar-refractivity contribution in [2.24, 2.45) is 16.2 Å². The van der Waals surface area contributed by atoms with Gasteiger partial charge in [-0.1, -0.05) is 66.2 Å². The Kier molecular flexibility index (Phi) is 9.67. The molecule has 5 nitrogen and oxygen atoms in total. The molecule has 2 aromatic rings. The van der Waals surface area contributed by atoms with E-state index >= 15 is 0 Å². The summed E-state index contributed by atoms with van der Waals surface area (Å²) in [6, 6.07) is 10.1. The molecule has 0 saturated heterocycles. The van der Waals surface area contributed by atoms with Crippen LogP contribution in [0.15, 0.2) is 36.4 Å². The Balaban J connectivity index is 2.03. The number of fused-ring (bicyclic) bond motifs is 1. The number of hydrogen-bond acceptors (Lipinski definition) is 5. The van der Waals surface area contributed by atoms with Gasteiger partial charge in [0.05, 0.1) is 5.41 Å². The van der Waals surface area contributed by atoms with Crippen molar-refractivity contribution in [1.29, 1.82) is 0 Å². The lowest BCUT2D eigenvalue weighted by molar-refractivity contribution is -0.294. The van der Waals surface area contributed by atoms with Gasteiger partial charge in [-0.05, 0) is 58.7 Å². The summed E-state index contributed by atoms with van der Waals surface area (Å²) in [6.07, 6.45) is -4.21. The Labute approximate surface area is 226 Å². The minimum atomic E-state index is -5.82. The molecule has 0 radical (unpaired) electrons. The Morgan fingerprint density at radius 2 is 1.41 bits per heavy atom. The Hall–Kier alpha value is -2.91. The van der Waals surface area contributed by atoms with E-state index < -0.39 is 36.7 Å². The highest BCUT2D eigenvalue weighted by molar-refractivity contribution is 5.85. The number of hydrogen-bond donors (Lipinski definition) is 0. The van der Waals surface area contributed by atoms with Gasteiger partial charge in [0.25, 0.3) is 0 Å². The van der Waals surface area contributed by atoms with Crippen molar-refractivity contribution in [1.82, 2.24) is 0 Å². The number of carbonyl (C=O) groups is 2. The van der Waals surface area contributed by atoms with Gasteiger partial charge in [-0.3, -0.25) is 4.79 Å². The van der Waals surface area contributed by atoms with Crippen LogP contribution < -0.4 is 4.74 Å². The maximum atomic E-state index is 13.3. The van der Waals surface area contributed by atoms with Crippen molar-refractivity contribution in [3.05, 3.63) is 42.0 Å². The summed E-state index contributed by atoms with van der Waals surface area (Å²) in [5.74, 6) is -6.57. The molecule has 2 aromatic carbocycles. The molecule has 1 atom stereocenters. The van der Waals surface area contributed by atoms with E-state index in [0.29, 0.717) is 11.8 Å². The molecule has 0 bridgehead atoms. The van der Waals surface area contributed by atoms with Crippen molar-refractivity contribution in [3.8, 4) is 5.75 Å². The van der Waals surface area contributed by atoms with Crippen LogP contribution in [0.25, 0.3) is 10.8 Å². The molecule has 218 valence electrons. The van der Waals surface area contributed by atoms with E-state index in [0.717, 1.165) is 17.4 Å². The zero-order valence-electron chi connectivity index (χ0n) is 23.4. The third-order valence-corrected chi connectivity index (χ3v) is 7.33. The summed E-state index contributed by atoms with van der Waals surface area (Å²) < 4.78 is 77.3. The minimum Gasteiger partial charge on any atom is -0.482 e. The van der Waals surface area contributed by atoms with E-state index in [4.69, 9.17) is 9.47 Å². The lowest BCUT2D eigenvalue weighted by Gasteiger charge is -2.44. The summed E-state index contributed by atoms with van der Waals surface area (Å²) in [5.41, 5.74) is -0.277. The molecule has 0 fully saturated rings. The second-order valence-corrected chi connectivity index (χ2v) is 11.8. The van der Waals surface area contributed by atoms with Crippen LogP contribution in [-0.4, -0.2) is 37.3 Å². The average Bonchev–Trinajstić information content (AvgIpc) is 2.82. The van der Waals surface area contributed by atoms with Crippen LogP contribution in [-0.2, 0) is 25.7 Å². The first-order valence-corrected chi connectivity index (χ1v) is 12.6. The molecule has 0 amide bonds. The Morgan fingerprint density at radius 1 is 0.821 bits per heavy atom. The smallest absolute Gasteiger partial charge is 0.456 e. The van der Waals surface area contributed by atoms with E-state index in [-0.39, 0.29) is 29.2 Å². The van der Waals surface area contributed by atoms with Crippen molar-refractivity contribution in [2.75, 3.05) is 13.2 Å².